The maximum absolute atomic E-state index is 12.2. The van der Waals surface area contributed by atoms with E-state index in [1.807, 2.05) is 6.07 Å². The zero-order chi connectivity index (χ0) is 20.5. The van der Waals surface area contributed by atoms with Gasteiger partial charge in [0.05, 0.1) is 13.5 Å². The Morgan fingerprint density at radius 1 is 0.966 bits per heavy atom. The van der Waals surface area contributed by atoms with Crippen molar-refractivity contribution in [2.24, 2.45) is 0 Å². The topological polar surface area (TPSA) is 32.8 Å². The number of anilines is 1. The number of rotatable bonds is 9. The molecule has 1 heterocycles. The van der Waals surface area contributed by atoms with Crippen LogP contribution >= 0.6 is 0 Å². The number of hydrogen-bond donors (Lipinski definition) is 0. The summed E-state index contributed by atoms with van der Waals surface area (Å²) in [7, 11) is 1.49. The van der Waals surface area contributed by atoms with Gasteiger partial charge in [-0.15, -0.1) is 0 Å². The summed E-state index contributed by atoms with van der Waals surface area (Å²) in [5.74, 6) is -0.118. The van der Waals surface area contributed by atoms with E-state index in [-0.39, 0.29) is 11.4 Å². The summed E-state index contributed by atoms with van der Waals surface area (Å²) in [4.78, 5) is 17.2. The summed E-state index contributed by atoms with van der Waals surface area (Å²) in [6, 6.07) is 21.2. The molecule has 1 atom stereocenters. The molecule has 156 valence electrons. The number of ether oxygens (including phenoxy) is 1. The van der Waals surface area contributed by atoms with Gasteiger partial charge in [0.1, 0.15) is 0 Å². The molecule has 1 aliphatic rings. The number of nitrogens with zero attached hydrogens (tertiary/aromatic N) is 2. The van der Waals surface area contributed by atoms with Gasteiger partial charge in [-0.3, -0.25) is 9.69 Å². The fourth-order valence-electron chi connectivity index (χ4n) is 4.49. The lowest BCUT2D eigenvalue weighted by molar-refractivity contribution is -0.142. The van der Waals surface area contributed by atoms with Crippen molar-refractivity contribution < 1.29 is 9.53 Å². The summed E-state index contributed by atoms with van der Waals surface area (Å²) in [6.45, 7) is 7.60. The van der Waals surface area contributed by atoms with Crippen molar-refractivity contribution in [1.82, 2.24) is 4.90 Å². The monoisotopic (exact) mass is 394 g/mol. The second kappa shape index (κ2) is 10.4. The SMILES string of the molecule is CCC(CCCN1CCN(c2ccccc2)CC1)(CC(=O)OC)c1ccccc1. The van der Waals surface area contributed by atoms with E-state index in [1.165, 1.54) is 18.4 Å². The standard InChI is InChI=1S/C25H34N2O2/c1-3-25(21-24(28)29-2,22-11-6-4-7-12-22)15-10-16-26-17-19-27(20-18-26)23-13-8-5-9-14-23/h4-9,11-14H,3,10,15-21H2,1-2H3. The Hall–Kier alpha value is -2.33. The molecule has 2 aromatic carbocycles. The van der Waals surface area contributed by atoms with Crippen LogP contribution in [0.2, 0.25) is 0 Å². The molecule has 1 fully saturated rings. The van der Waals surface area contributed by atoms with Gasteiger partial charge < -0.3 is 9.64 Å². The molecule has 2 aromatic rings. The second-order valence-electron chi connectivity index (χ2n) is 8.02. The van der Waals surface area contributed by atoms with E-state index in [4.69, 9.17) is 4.74 Å². The van der Waals surface area contributed by atoms with Crippen molar-refractivity contribution in [3.8, 4) is 0 Å². The van der Waals surface area contributed by atoms with Gasteiger partial charge in [-0.2, -0.15) is 0 Å². The van der Waals surface area contributed by atoms with E-state index in [1.54, 1.807) is 0 Å². The van der Waals surface area contributed by atoms with Crippen LogP contribution in [-0.4, -0.2) is 50.7 Å². The summed E-state index contributed by atoms with van der Waals surface area (Å²) >= 11 is 0. The summed E-state index contributed by atoms with van der Waals surface area (Å²) in [5.41, 5.74) is 2.43. The third-order valence-corrected chi connectivity index (χ3v) is 6.40. The molecule has 0 aliphatic carbocycles. The highest BCUT2D eigenvalue weighted by Gasteiger charge is 2.33. The highest BCUT2D eigenvalue weighted by atomic mass is 16.5. The summed E-state index contributed by atoms with van der Waals surface area (Å²) < 4.78 is 5.02. The van der Waals surface area contributed by atoms with Gasteiger partial charge >= 0.3 is 5.97 Å². The molecule has 0 radical (unpaired) electrons. The third-order valence-electron chi connectivity index (χ3n) is 6.40. The lowest BCUT2D eigenvalue weighted by Gasteiger charge is -2.37. The Balaban J connectivity index is 1.56. The van der Waals surface area contributed by atoms with Gasteiger partial charge in [0.15, 0.2) is 0 Å². The van der Waals surface area contributed by atoms with Gasteiger partial charge in [0.25, 0.3) is 0 Å². The molecule has 0 bridgehead atoms. The molecule has 4 nitrogen and oxygen atoms in total. The second-order valence-corrected chi connectivity index (χ2v) is 8.02. The molecule has 0 N–H and O–H groups in total. The first-order valence-corrected chi connectivity index (χ1v) is 10.8. The molecule has 1 saturated heterocycles. The zero-order valence-electron chi connectivity index (χ0n) is 17.8. The van der Waals surface area contributed by atoms with Gasteiger partial charge in [0.2, 0.25) is 0 Å². The van der Waals surface area contributed by atoms with Crippen LogP contribution in [0.25, 0.3) is 0 Å². The number of carbonyl (C=O) groups is 1. The molecule has 0 spiro atoms. The van der Waals surface area contributed by atoms with Crippen molar-refractivity contribution in [3.05, 3.63) is 66.2 Å². The van der Waals surface area contributed by atoms with Crippen LogP contribution in [0, 0.1) is 0 Å². The summed E-state index contributed by atoms with van der Waals surface area (Å²) in [5, 5.41) is 0. The number of esters is 1. The Bertz CT molecular complexity index is 742. The quantitative estimate of drug-likeness (QED) is 0.586. The molecule has 0 saturated carbocycles. The molecule has 29 heavy (non-hydrogen) atoms. The van der Waals surface area contributed by atoms with E-state index in [9.17, 15) is 4.79 Å². The number of hydrogen-bond acceptors (Lipinski definition) is 4. The minimum absolute atomic E-state index is 0.118. The molecule has 3 rings (SSSR count). The average molecular weight is 395 g/mol. The molecule has 0 amide bonds. The van der Waals surface area contributed by atoms with Gasteiger partial charge in [-0.25, -0.2) is 0 Å². The smallest absolute Gasteiger partial charge is 0.306 e. The maximum atomic E-state index is 12.2. The number of benzene rings is 2. The predicted octanol–water partition coefficient (Wildman–Crippen LogP) is 4.50. The Morgan fingerprint density at radius 3 is 2.17 bits per heavy atom. The lowest BCUT2D eigenvalue weighted by Crippen LogP contribution is -2.46. The maximum Gasteiger partial charge on any atom is 0.306 e. The van der Waals surface area contributed by atoms with Crippen LogP contribution in [0.1, 0.15) is 38.2 Å². The first kappa shape index (κ1) is 21.4. The molecular formula is C25H34N2O2. The van der Waals surface area contributed by atoms with Gasteiger partial charge in [-0.05, 0) is 43.5 Å². The minimum Gasteiger partial charge on any atom is -0.469 e. The van der Waals surface area contributed by atoms with Crippen LogP contribution in [-0.2, 0) is 14.9 Å². The van der Waals surface area contributed by atoms with E-state index in [2.05, 4.69) is 71.3 Å². The normalized spacial score (nSPS) is 17.0. The lowest BCUT2D eigenvalue weighted by atomic mass is 9.72. The third kappa shape index (κ3) is 5.60. The van der Waals surface area contributed by atoms with Crippen molar-refractivity contribution in [2.45, 2.75) is 38.0 Å². The van der Waals surface area contributed by atoms with Crippen LogP contribution in [0.3, 0.4) is 0 Å². The number of methoxy groups -OCH3 is 1. The van der Waals surface area contributed by atoms with E-state index < -0.39 is 0 Å². The van der Waals surface area contributed by atoms with E-state index in [0.717, 1.165) is 52.0 Å². The molecular weight excluding hydrogens is 360 g/mol. The van der Waals surface area contributed by atoms with E-state index >= 15 is 0 Å². The Labute approximate surface area is 175 Å². The van der Waals surface area contributed by atoms with Crippen molar-refractivity contribution in [2.75, 3.05) is 44.7 Å². The number of piperazine rings is 1. The molecule has 4 heteroatoms. The summed E-state index contributed by atoms with van der Waals surface area (Å²) in [6.07, 6.45) is 3.48. The predicted molar refractivity (Wildman–Crippen MR) is 119 cm³/mol. The Kier molecular flexibility index (Phi) is 7.70. The van der Waals surface area contributed by atoms with Crippen LogP contribution in [0.15, 0.2) is 60.7 Å². The fourth-order valence-corrected chi connectivity index (χ4v) is 4.49. The molecule has 0 aromatic heterocycles. The van der Waals surface area contributed by atoms with Gasteiger partial charge in [-0.1, -0.05) is 55.5 Å². The van der Waals surface area contributed by atoms with Crippen molar-refractivity contribution >= 4 is 11.7 Å². The largest absolute Gasteiger partial charge is 0.469 e. The van der Waals surface area contributed by atoms with Crippen LogP contribution in [0.4, 0.5) is 5.69 Å². The highest BCUT2D eigenvalue weighted by molar-refractivity contribution is 5.71. The molecule has 1 aliphatic heterocycles. The van der Waals surface area contributed by atoms with Crippen molar-refractivity contribution in [3.63, 3.8) is 0 Å². The van der Waals surface area contributed by atoms with Crippen LogP contribution < -0.4 is 4.90 Å². The minimum atomic E-state index is -0.139. The zero-order valence-corrected chi connectivity index (χ0v) is 17.8. The number of para-hydroxylation sites is 1. The fraction of sp³-hybridized carbons (Fsp3) is 0.480. The first-order valence-electron chi connectivity index (χ1n) is 10.8. The number of carbonyl (C=O) groups excluding carboxylic acids is 1. The first-order chi connectivity index (χ1) is 14.2. The highest BCUT2D eigenvalue weighted by Crippen LogP contribution is 2.37. The van der Waals surface area contributed by atoms with Gasteiger partial charge in [0, 0.05) is 37.3 Å². The Morgan fingerprint density at radius 2 is 1.59 bits per heavy atom. The average Bonchev–Trinajstić information content (AvgIpc) is 2.80. The molecule has 1 unspecified atom stereocenters. The van der Waals surface area contributed by atoms with E-state index in [0.29, 0.717) is 6.42 Å². The van der Waals surface area contributed by atoms with Crippen LogP contribution in [0.5, 0.6) is 0 Å². The van der Waals surface area contributed by atoms with Crippen molar-refractivity contribution in [1.29, 1.82) is 0 Å².